The Kier molecular flexibility index (Phi) is 6.02. The van der Waals surface area contributed by atoms with Crippen LogP contribution in [0.15, 0.2) is 30.3 Å². The van der Waals surface area contributed by atoms with Gasteiger partial charge in [-0.25, -0.2) is 0 Å². The molecule has 0 aliphatic heterocycles. The van der Waals surface area contributed by atoms with Gasteiger partial charge in [-0.15, -0.1) is 0 Å². The summed E-state index contributed by atoms with van der Waals surface area (Å²) in [6.45, 7) is 11.3. The zero-order valence-corrected chi connectivity index (χ0v) is 13.0. The molecule has 0 heterocycles. The van der Waals surface area contributed by atoms with Gasteiger partial charge in [-0.2, -0.15) is 0 Å². The minimum absolute atomic E-state index is 0.144. The van der Waals surface area contributed by atoms with Gasteiger partial charge >= 0.3 is 0 Å². The minimum atomic E-state index is 0.144. The highest BCUT2D eigenvalue weighted by molar-refractivity contribution is 5.23. The molecule has 0 bridgehead atoms. The number of nitrogens with one attached hydrogen (secondary N) is 1. The van der Waals surface area contributed by atoms with Crippen molar-refractivity contribution in [2.24, 2.45) is 5.92 Å². The smallest absolute Gasteiger partial charge is 0.0587 e. The first kappa shape index (κ1) is 16.2. The van der Waals surface area contributed by atoms with E-state index in [1.54, 1.807) is 0 Å². The number of benzene rings is 1. The van der Waals surface area contributed by atoms with Crippen molar-refractivity contribution in [2.45, 2.75) is 58.5 Å². The van der Waals surface area contributed by atoms with Crippen LogP contribution >= 0.6 is 0 Å². The average Bonchev–Trinajstić information content (AvgIpc) is 2.36. The number of hydrogen-bond donors (Lipinski definition) is 2. The zero-order valence-electron chi connectivity index (χ0n) is 13.0. The van der Waals surface area contributed by atoms with E-state index in [2.05, 4.69) is 70.3 Å². The summed E-state index contributed by atoms with van der Waals surface area (Å²) in [4.78, 5) is 0. The molecule has 0 saturated heterocycles. The quantitative estimate of drug-likeness (QED) is 0.790. The SMILES string of the molecule is CC(CC(C)(C)c1ccccc1)NC(CO)C(C)C. The van der Waals surface area contributed by atoms with E-state index < -0.39 is 0 Å². The second kappa shape index (κ2) is 7.06. The fourth-order valence-corrected chi connectivity index (χ4v) is 2.65. The largest absolute Gasteiger partial charge is 0.395 e. The van der Waals surface area contributed by atoms with E-state index in [0.29, 0.717) is 12.0 Å². The lowest BCUT2D eigenvalue weighted by molar-refractivity contribution is 0.194. The maximum Gasteiger partial charge on any atom is 0.0587 e. The molecule has 108 valence electrons. The Bertz CT molecular complexity index is 359. The van der Waals surface area contributed by atoms with E-state index in [1.165, 1.54) is 5.56 Å². The maximum absolute atomic E-state index is 9.40. The Balaban J connectivity index is 2.63. The molecule has 2 N–H and O–H groups in total. The van der Waals surface area contributed by atoms with E-state index in [0.717, 1.165) is 6.42 Å². The molecule has 2 nitrogen and oxygen atoms in total. The fourth-order valence-electron chi connectivity index (χ4n) is 2.65. The van der Waals surface area contributed by atoms with Crippen LogP contribution in [0.5, 0.6) is 0 Å². The lowest BCUT2D eigenvalue weighted by Gasteiger charge is -2.32. The number of rotatable bonds is 7. The summed E-state index contributed by atoms with van der Waals surface area (Å²) < 4.78 is 0. The van der Waals surface area contributed by atoms with Gasteiger partial charge < -0.3 is 10.4 Å². The van der Waals surface area contributed by atoms with Gasteiger partial charge in [0, 0.05) is 12.1 Å². The highest BCUT2D eigenvalue weighted by atomic mass is 16.3. The molecule has 0 aliphatic rings. The van der Waals surface area contributed by atoms with Gasteiger partial charge in [0.1, 0.15) is 0 Å². The molecule has 1 aromatic rings. The van der Waals surface area contributed by atoms with Crippen LogP contribution in [-0.2, 0) is 5.41 Å². The monoisotopic (exact) mass is 263 g/mol. The van der Waals surface area contributed by atoms with Gasteiger partial charge in [-0.3, -0.25) is 0 Å². The van der Waals surface area contributed by atoms with Crippen LogP contribution in [0.4, 0.5) is 0 Å². The molecule has 0 aliphatic carbocycles. The Morgan fingerprint density at radius 1 is 1.11 bits per heavy atom. The van der Waals surface area contributed by atoms with Crippen molar-refractivity contribution < 1.29 is 5.11 Å². The summed E-state index contributed by atoms with van der Waals surface area (Å²) in [6.07, 6.45) is 1.06. The first-order chi connectivity index (χ1) is 8.86. The summed E-state index contributed by atoms with van der Waals surface area (Å²) in [5.74, 6) is 0.451. The number of aliphatic hydroxyl groups excluding tert-OH is 1. The van der Waals surface area contributed by atoms with Crippen LogP contribution in [0.1, 0.15) is 46.6 Å². The summed E-state index contributed by atoms with van der Waals surface area (Å²) >= 11 is 0. The van der Waals surface area contributed by atoms with Crippen molar-refractivity contribution in [1.29, 1.82) is 0 Å². The number of hydrogen-bond acceptors (Lipinski definition) is 2. The second-order valence-electron chi connectivity index (χ2n) is 6.55. The highest BCUT2D eigenvalue weighted by Gasteiger charge is 2.24. The molecule has 1 rings (SSSR count). The third-order valence-corrected chi connectivity index (χ3v) is 3.87. The van der Waals surface area contributed by atoms with Crippen molar-refractivity contribution in [2.75, 3.05) is 6.61 Å². The molecule has 2 unspecified atom stereocenters. The number of aliphatic hydroxyl groups is 1. The van der Waals surface area contributed by atoms with Crippen LogP contribution in [0.25, 0.3) is 0 Å². The van der Waals surface area contributed by atoms with Crippen LogP contribution in [0.3, 0.4) is 0 Å². The van der Waals surface area contributed by atoms with Crippen LogP contribution in [0, 0.1) is 5.92 Å². The zero-order chi connectivity index (χ0) is 14.5. The lowest BCUT2D eigenvalue weighted by atomic mass is 9.79. The van der Waals surface area contributed by atoms with Crippen molar-refractivity contribution in [3.63, 3.8) is 0 Å². The molecule has 0 fully saturated rings. The fraction of sp³-hybridized carbons (Fsp3) is 0.647. The Hall–Kier alpha value is -0.860. The van der Waals surface area contributed by atoms with Crippen molar-refractivity contribution in [1.82, 2.24) is 5.32 Å². The van der Waals surface area contributed by atoms with Crippen LogP contribution in [0.2, 0.25) is 0 Å². The van der Waals surface area contributed by atoms with Crippen molar-refractivity contribution in [3.8, 4) is 0 Å². The van der Waals surface area contributed by atoms with Gasteiger partial charge in [0.25, 0.3) is 0 Å². The third-order valence-electron chi connectivity index (χ3n) is 3.87. The van der Waals surface area contributed by atoms with E-state index in [4.69, 9.17) is 0 Å². The minimum Gasteiger partial charge on any atom is -0.395 e. The van der Waals surface area contributed by atoms with E-state index in [9.17, 15) is 5.11 Å². The summed E-state index contributed by atoms with van der Waals surface area (Å²) in [7, 11) is 0. The molecule has 0 aromatic heterocycles. The standard InChI is InChI=1S/C17H29NO/c1-13(2)16(12-19)18-14(3)11-17(4,5)15-9-7-6-8-10-15/h6-10,13-14,16,18-19H,11-12H2,1-5H3. The second-order valence-corrected chi connectivity index (χ2v) is 6.55. The molecule has 2 atom stereocenters. The van der Waals surface area contributed by atoms with E-state index in [-0.39, 0.29) is 18.1 Å². The van der Waals surface area contributed by atoms with Gasteiger partial charge in [0.2, 0.25) is 0 Å². The van der Waals surface area contributed by atoms with Gasteiger partial charge in [-0.1, -0.05) is 58.0 Å². The van der Waals surface area contributed by atoms with Crippen LogP contribution < -0.4 is 5.32 Å². The molecular weight excluding hydrogens is 234 g/mol. The Morgan fingerprint density at radius 3 is 2.16 bits per heavy atom. The summed E-state index contributed by atoms with van der Waals surface area (Å²) in [5, 5.41) is 12.9. The highest BCUT2D eigenvalue weighted by Crippen LogP contribution is 2.28. The predicted molar refractivity (Wildman–Crippen MR) is 82.4 cm³/mol. The van der Waals surface area contributed by atoms with Crippen molar-refractivity contribution in [3.05, 3.63) is 35.9 Å². The molecule has 2 heteroatoms. The van der Waals surface area contributed by atoms with Crippen molar-refractivity contribution >= 4 is 0 Å². The molecule has 1 aromatic carbocycles. The molecular formula is C17H29NO. The van der Waals surface area contributed by atoms with E-state index >= 15 is 0 Å². The topological polar surface area (TPSA) is 32.3 Å². The third kappa shape index (κ3) is 4.96. The average molecular weight is 263 g/mol. The maximum atomic E-state index is 9.40. The summed E-state index contributed by atoms with van der Waals surface area (Å²) in [5.41, 5.74) is 1.51. The molecule has 19 heavy (non-hydrogen) atoms. The van der Waals surface area contributed by atoms with Gasteiger partial charge in [0.15, 0.2) is 0 Å². The van der Waals surface area contributed by atoms with Crippen LogP contribution in [-0.4, -0.2) is 23.8 Å². The van der Waals surface area contributed by atoms with Gasteiger partial charge in [-0.05, 0) is 30.2 Å². The lowest BCUT2D eigenvalue weighted by Crippen LogP contribution is -2.44. The normalized spacial score (nSPS) is 15.5. The Morgan fingerprint density at radius 2 is 1.68 bits per heavy atom. The van der Waals surface area contributed by atoms with E-state index in [1.807, 2.05) is 0 Å². The molecule has 0 amide bonds. The molecule has 0 radical (unpaired) electrons. The molecule has 0 spiro atoms. The summed E-state index contributed by atoms with van der Waals surface area (Å²) in [6, 6.07) is 11.2. The van der Waals surface area contributed by atoms with Gasteiger partial charge in [0.05, 0.1) is 6.61 Å². The molecule has 0 saturated carbocycles. The first-order valence-corrected chi connectivity index (χ1v) is 7.29. The first-order valence-electron chi connectivity index (χ1n) is 7.29. The Labute approximate surface area is 118 Å². The predicted octanol–water partition coefficient (Wildman–Crippen LogP) is 3.35.